The number of ether oxygens (including phenoxy) is 1. The molecule has 1 rings (SSSR count). The van der Waals surface area contributed by atoms with Gasteiger partial charge in [-0.05, 0) is 11.6 Å². The summed E-state index contributed by atoms with van der Waals surface area (Å²) < 4.78 is 39.3. The van der Waals surface area contributed by atoms with Crippen LogP contribution in [0.15, 0.2) is 17.4 Å². The van der Waals surface area contributed by atoms with E-state index in [-0.39, 0.29) is 5.69 Å². The van der Waals surface area contributed by atoms with E-state index in [1.807, 2.05) is 0 Å². The van der Waals surface area contributed by atoms with Gasteiger partial charge in [0, 0.05) is 11.1 Å². The predicted molar refractivity (Wildman–Crippen MR) is 44.7 cm³/mol. The number of nitrogens with zero attached hydrogens (tertiary/aromatic N) is 4. The lowest BCUT2D eigenvalue weighted by atomic mass is 10.4. The lowest BCUT2D eigenvalue weighted by Gasteiger charge is -2.11. The fourth-order valence-corrected chi connectivity index (χ4v) is 0.942. The summed E-state index contributed by atoms with van der Waals surface area (Å²) in [7, 11) is 0. The molecule has 15 heavy (non-hydrogen) atoms. The van der Waals surface area contributed by atoms with E-state index in [9.17, 15) is 13.2 Å². The zero-order valence-electron chi connectivity index (χ0n) is 6.86. The first-order valence-electron chi connectivity index (χ1n) is 3.39. The van der Waals surface area contributed by atoms with Gasteiger partial charge in [0.25, 0.3) is 0 Å². The van der Waals surface area contributed by atoms with Crippen LogP contribution >= 0.6 is 11.6 Å². The number of pyridine rings is 1. The molecule has 1 aromatic heterocycles. The summed E-state index contributed by atoms with van der Waals surface area (Å²) in [5.74, 6) is -0.815. The van der Waals surface area contributed by atoms with E-state index in [0.29, 0.717) is 0 Å². The third kappa shape index (κ3) is 3.19. The standard InChI is InChI=1S/C6H2ClF3N4O/c7-5-4(15-6(8,9)10)3(13-14-11)1-2-12-5/h1-2H. The lowest BCUT2D eigenvalue weighted by molar-refractivity contribution is -0.274. The number of alkyl halides is 3. The molecular formula is C6H2ClF3N4O. The molecule has 9 heteroatoms. The maximum Gasteiger partial charge on any atom is 0.573 e. The molecule has 5 nitrogen and oxygen atoms in total. The highest BCUT2D eigenvalue weighted by Gasteiger charge is 2.33. The van der Waals surface area contributed by atoms with Gasteiger partial charge in [0.1, 0.15) is 0 Å². The summed E-state index contributed by atoms with van der Waals surface area (Å²) in [6, 6.07) is 1.05. The first-order chi connectivity index (χ1) is 6.94. The Balaban J connectivity index is 3.19. The van der Waals surface area contributed by atoms with Crippen LogP contribution in [0.4, 0.5) is 18.9 Å². The smallest absolute Gasteiger partial charge is 0.402 e. The quantitative estimate of drug-likeness (QED) is 0.342. The van der Waals surface area contributed by atoms with Crippen molar-refractivity contribution in [2.45, 2.75) is 6.36 Å². The second-order valence-corrected chi connectivity index (χ2v) is 2.55. The molecule has 0 saturated heterocycles. The number of aromatic nitrogens is 1. The van der Waals surface area contributed by atoms with Crippen molar-refractivity contribution in [2.75, 3.05) is 0 Å². The molecule has 0 amide bonds. The molecule has 0 atom stereocenters. The predicted octanol–water partition coefficient (Wildman–Crippen LogP) is 3.58. The molecule has 0 saturated carbocycles. The van der Waals surface area contributed by atoms with E-state index < -0.39 is 17.3 Å². The van der Waals surface area contributed by atoms with Gasteiger partial charge in [-0.15, -0.1) is 13.2 Å². The Morgan fingerprint density at radius 1 is 1.53 bits per heavy atom. The van der Waals surface area contributed by atoms with E-state index in [0.717, 1.165) is 12.3 Å². The summed E-state index contributed by atoms with van der Waals surface area (Å²) >= 11 is 5.35. The van der Waals surface area contributed by atoms with Crippen molar-refractivity contribution in [3.8, 4) is 5.75 Å². The van der Waals surface area contributed by atoms with Gasteiger partial charge >= 0.3 is 6.36 Å². The number of hydrogen-bond acceptors (Lipinski definition) is 3. The van der Waals surface area contributed by atoms with E-state index in [1.54, 1.807) is 0 Å². The first kappa shape index (κ1) is 11.4. The fraction of sp³-hybridized carbons (Fsp3) is 0.167. The Morgan fingerprint density at radius 3 is 2.73 bits per heavy atom. The molecule has 0 bridgehead atoms. The number of halogens is 4. The Hall–Kier alpha value is -1.66. The Labute approximate surface area is 86.1 Å². The Morgan fingerprint density at radius 2 is 2.20 bits per heavy atom. The minimum Gasteiger partial charge on any atom is -0.402 e. The fourth-order valence-electron chi connectivity index (χ4n) is 0.750. The maximum atomic E-state index is 11.9. The molecule has 0 fully saturated rings. The zero-order valence-corrected chi connectivity index (χ0v) is 7.62. The van der Waals surface area contributed by atoms with Gasteiger partial charge in [-0.1, -0.05) is 16.7 Å². The Kier molecular flexibility index (Phi) is 3.23. The largest absolute Gasteiger partial charge is 0.573 e. The van der Waals surface area contributed by atoms with E-state index >= 15 is 0 Å². The third-order valence-electron chi connectivity index (χ3n) is 1.21. The highest BCUT2D eigenvalue weighted by atomic mass is 35.5. The topological polar surface area (TPSA) is 70.9 Å². The second kappa shape index (κ2) is 4.24. The first-order valence-corrected chi connectivity index (χ1v) is 3.77. The lowest BCUT2D eigenvalue weighted by Crippen LogP contribution is -2.17. The molecule has 80 valence electrons. The van der Waals surface area contributed by atoms with Crippen LogP contribution in [0.5, 0.6) is 5.75 Å². The minimum absolute atomic E-state index is 0.380. The van der Waals surface area contributed by atoms with Gasteiger partial charge in [-0.2, -0.15) is 0 Å². The molecule has 0 radical (unpaired) electrons. The zero-order chi connectivity index (χ0) is 11.5. The van der Waals surface area contributed by atoms with Crippen molar-refractivity contribution in [3.05, 3.63) is 27.9 Å². The van der Waals surface area contributed by atoms with Crippen LogP contribution in [0, 0.1) is 0 Å². The molecule has 0 N–H and O–H groups in total. The van der Waals surface area contributed by atoms with E-state index in [4.69, 9.17) is 17.1 Å². The average molecular weight is 239 g/mol. The van der Waals surface area contributed by atoms with Crippen molar-refractivity contribution in [1.82, 2.24) is 4.98 Å². The van der Waals surface area contributed by atoms with E-state index in [1.165, 1.54) is 0 Å². The minimum atomic E-state index is -4.92. The molecule has 0 aliphatic heterocycles. The van der Waals surface area contributed by atoms with Crippen LogP contribution in [-0.4, -0.2) is 11.3 Å². The highest BCUT2D eigenvalue weighted by molar-refractivity contribution is 6.31. The molecule has 0 spiro atoms. The van der Waals surface area contributed by atoms with Crippen LogP contribution in [0.2, 0.25) is 5.15 Å². The second-order valence-electron chi connectivity index (χ2n) is 2.19. The Bertz CT molecular complexity index is 415. The van der Waals surface area contributed by atoms with Crippen LogP contribution in [0.25, 0.3) is 10.4 Å². The molecule has 0 unspecified atom stereocenters. The van der Waals surface area contributed by atoms with Crippen molar-refractivity contribution in [3.63, 3.8) is 0 Å². The van der Waals surface area contributed by atoms with Gasteiger partial charge in [-0.3, -0.25) is 0 Å². The van der Waals surface area contributed by atoms with Crippen molar-refractivity contribution in [2.24, 2.45) is 5.11 Å². The summed E-state index contributed by atoms with van der Waals surface area (Å²) in [6.45, 7) is 0. The molecule has 0 aromatic carbocycles. The molecule has 0 aliphatic rings. The SMILES string of the molecule is [N-]=[N+]=Nc1ccnc(Cl)c1OC(F)(F)F. The van der Waals surface area contributed by atoms with Crippen LogP contribution in [-0.2, 0) is 0 Å². The number of azide groups is 1. The number of rotatable bonds is 2. The highest BCUT2D eigenvalue weighted by Crippen LogP contribution is 2.37. The van der Waals surface area contributed by atoms with Gasteiger partial charge < -0.3 is 4.74 Å². The summed E-state index contributed by atoms with van der Waals surface area (Å²) in [5, 5.41) is 2.45. The molecule has 1 heterocycles. The summed E-state index contributed by atoms with van der Waals surface area (Å²) in [4.78, 5) is 5.69. The van der Waals surface area contributed by atoms with Gasteiger partial charge in [0.05, 0.1) is 5.69 Å². The van der Waals surface area contributed by atoms with Crippen LogP contribution in [0.1, 0.15) is 0 Å². The van der Waals surface area contributed by atoms with Gasteiger partial charge in [0.15, 0.2) is 10.9 Å². The average Bonchev–Trinajstić information content (AvgIpc) is 2.10. The van der Waals surface area contributed by atoms with Crippen molar-refractivity contribution in [1.29, 1.82) is 0 Å². The maximum absolute atomic E-state index is 11.9. The molecule has 0 aliphatic carbocycles. The van der Waals surface area contributed by atoms with Crippen molar-refractivity contribution < 1.29 is 17.9 Å². The van der Waals surface area contributed by atoms with Crippen LogP contribution < -0.4 is 4.74 Å². The monoisotopic (exact) mass is 238 g/mol. The normalized spacial score (nSPS) is 10.7. The van der Waals surface area contributed by atoms with E-state index in [2.05, 4.69) is 19.7 Å². The summed E-state index contributed by atoms with van der Waals surface area (Å²) in [5.41, 5.74) is 7.71. The van der Waals surface area contributed by atoms with Crippen molar-refractivity contribution >= 4 is 17.3 Å². The third-order valence-corrected chi connectivity index (χ3v) is 1.48. The summed E-state index contributed by atoms with van der Waals surface area (Å²) in [6.07, 6.45) is -3.83. The molecular weight excluding hydrogens is 237 g/mol. The molecule has 1 aromatic rings. The number of hydrogen-bond donors (Lipinski definition) is 0. The van der Waals surface area contributed by atoms with Gasteiger partial charge in [-0.25, -0.2) is 4.98 Å². The van der Waals surface area contributed by atoms with Gasteiger partial charge in [0.2, 0.25) is 0 Å². The van der Waals surface area contributed by atoms with Crippen LogP contribution in [0.3, 0.4) is 0 Å².